The van der Waals surface area contributed by atoms with E-state index in [1.807, 2.05) is 0 Å². The summed E-state index contributed by atoms with van der Waals surface area (Å²) in [5, 5.41) is 0. The first kappa shape index (κ1) is 10.0. The second kappa shape index (κ2) is 3.25. The van der Waals surface area contributed by atoms with Gasteiger partial charge in [0, 0.05) is 6.42 Å². The summed E-state index contributed by atoms with van der Waals surface area (Å²) in [6, 6.07) is 3.55. The van der Waals surface area contributed by atoms with Gasteiger partial charge in [0.2, 0.25) is 0 Å². The molecular formula is C10H7F3O2. The van der Waals surface area contributed by atoms with Crippen molar-refractivity contribution in [2.24, 2.45) is 0 Å². The second-order valence-corrected chi connectivity index (χ2v) is 3.22. The number of carbonyl (C=O) groups excluding carboxylic acids is 1. The maximum Gasteiger partial charge on any atom is 0.416 e. The quantitative estimate of drug-likeness (QED) is 0.622. The van der Waals surface area contributed by atoms with Gasteiger partial charge < -0.3 is 4.74 Å². The number of esters is 1. The molecule has 0 unspecified atom stereocenters. The lowest BCUT2D eigenvalue weighted by atomic mass is 9.96. The summed E-state index contributed by atoms with van der Waals surface area (Å²) in [5.74, 6) is -0.678. The number of carbonyl (C=O) groups is 1. The maximum absolute atomic E-state index is 12.6. The van der Waals surface area contributed by atoms with E-state index in [4.69, 9.17) is 0 Å². The fraction of sp³-hybridized carbons (Fsp3) is 0.300. The Morgan fingerprint density at radius 3 is 2.67 bits per heavy atom. The van der Waals surface area contributed by atoms with Crippen LogP contribution in [0.3, 0.4) is 0 Å². The summed E-state index contributed by atoms with van der Waals surface area (Å²) < 4.78 is 42.3. The molecule has 0 saturated heterocycles. The van der Waals surface area contributed by atoms with E-state index in [1.54, 1.807) is 0 Å². The molecule has 80 valence electrons. The minimum absolute atomic E-state index is 0.0128. The third-order valence-corrected chi connectivity index (χ3v) is 2.29. The standard InChI is InChI=1S/C10H7F3O2/c11-10(12,13)8-3-1-2-7-6(8)4-5-15-9(7)14/h1-3H,4-5H2. The molecule has 1 aliphatic heterocycles. The van der Waals surface area contributed by atoms with Gasteiger partial charge in [-0.2, -0.15) is 13.2 Å². The van der Waals surface area contributed by atoms with Gasteiger partial charge in [0.25, 0.3) is 0 Å². The molecule has 0 aromatic heterocycles. The van der Waals surface area contributed by atoms with Crippen LogP contribution in [0.25, 0.3) is 0 Å². The van der Waals surface area contributed by atoms with Crippen LogP contribution in [-0.4, -0.2) is 12.6 Å². The highest BCUT2D eigenvalue weighted by Crippen LogP contribution is 2.34. The van der Waals surface area contributed by atoms with E-state index in [0.717, 1.165) is 6.07 Å². The molecule has 0 fully saturated rings. The Labute approximate surface area is 83.7 Å². The molecule has 0 saturated carbocycles. The molecule has 1 heterocycles. The highest BCUT2D eigenvalue weighted by molar-refractivity contribution is 5.92. The van der Waals surface area contributed by atoms with Crippen LogP contribution >= 0.6 is 0 Å². The van der Waals surface area contributed by atoms with Gasteiger partial charge in [-0.15, -0.1) is 0 Å². The number of fused-ring (bicyclic) bond motifs is 1. The number of rotatable bonds is 0. The zero-order valence-electron chi connectivity index (χ0n) is 7.60. The van der Waals surface area contributed by atoms with Crippen molar-refractivity contribution in [3.8, 4) is 0 Å². The molecule has 1 aromatic rings. The van der Waals surface area contributed by atoms with Crippen molar-refractivity contribution in [3.05, 3.63) is 34.9 Å². The van der Waals surface area contributed by atoms with Gasteiger partial charge in [0.15, 0.2) is 0 Å². The SMILES string of the molecule is O=C1OCCc2c1cccc2C(F)(F)F. The predicted octanol–water partition coefficient (Wildman–Crippen LogP) is 2.42. The molecule has 0 N–H and O–H groups in total. The normalized spacial score (nSPS) is 15.8. The molecule has 2 nitrogen and oxygen atoms in total. The van der Waals surface area contributed by atoms with Crippen LogP contribution in [0.4, 0.5) is 13.2 Å². The van der Waals surface area contributed by atoms with Gasteiger partial charge in [-0.05, 0) is 17.7 Å². The van der Waals surface area contributed by atoms with Gasteiger partial charge in [-0.3, -0.25) is 0 Å². The summed E-state index contributed by atoms with van der Waals surface area (Å²) in [5.41, 5.74) is -0.672. The lowest BCUT2D eigenvalue weighted by molar-refractivity contribution is -0.138. The van der Waals surface area contributed by atoms with E-state index in [1.165, 1.54) is 12.1 Å². The number of benzene rings is 1. The Hall–Kier alpha value is -1.52. The number of hydrogen-bond donors (Lipinski definition) is 0. The van der Waals surface area contributed by atoms with Gasteiger partial charge >= 0.3 is 12.1 Å². The lowest BCUT2D eigenvalue weighted by Gasteiger charge is -2.19. The molecule has 5 heteroatoms. The molecule has 0 spiro atoms. The van der Waals surface area contributed by atoms with Gasteiger partial charge in [-0.1, -0.05) is 6.07 Å². The zero-order chi connectivity index (χ0) is 11.1. The van der Waals surface area contributed by atoms with Crippen LogP contribution in [0.15, 0.2) is 18.2 Å². The zero-order valence-corrected chi connectivity index (χ0v) is 7.60. The van der Waals surface area contributed by atoms with E-state index in [9.17, 15) is 18.0 Å². The number of cyclic esters (lactones) is 1. The van der Waals surface area contributed by atoms with Crippen LogP contribution in [0.5, 0.6) is 0 Å². The fourth-order valence-electron chi connectivity index (χ4n) is 1.64. The third-order valence-electron chi connectivity index (χ3n) is 2.29. The molecule has 0 bridgehead atoms. The average Bonchev–Trinajstić information content (AvgIpc) is 2.16. The Balaban J connectivity index is 2.59. The minimum Gasteiger partial charge on any atom is -0.462 e. The molecule has 1 aromatic carbocycles. The summed E-state index contributed by atoms with van der Waals surface area (Å²) >= 11 is 0. The van der Waals surface area contributed by atoms with Crippen LogP contribution in [0.2, 0.25) is 0 Å². The van der Waals surface area contributed by atoms with E-state index < -0.39 is 17.7 Å². The highest BCUT2D eigenvalue weighted by atomic mass is 19.4. The minimum atomic E-state index is -4.41. The fourth-order valence-corrected chi connectivity index (χ4v) is 1.64. The first-order valence-electron chi connectivity index (χ1n) is 4.36. The number of ether oxygens (including phenoxy) is 1. The topological polar surface area (TPSA) is 26.3 Å². The van der Waals surface area contributed by atoms with E-state index in [0.29, 0.717) is 0 Å². The van der Waals surface area contributed by atoms with Crippen molar-refractivity contribution in [3.63, 3.8) is 0 Å². The highest BCUT2D eigenvalue weighted by Gasteiger charge is 2.36. The monoisotopic (exact) mass is 216 g/mol. The van der Waals surface area contributed by atoms with Crippen LogP contribution < -0.4 is 0 Å². The Morgan fingerprint density at radius 2 is 2.00 bits per heavy atom. The smallest absolute Gasteiger partial charge is 0.416 e. The van der Waals surface area contributed by atoms with Crippen LogP contribution in [0, 0.1) is 0 Å². The third kappa shape index (κ3) is 1.69. The number of halogens is 3. The first-order valence-corrected chi connectivity index (χ1v) is 4.36. The Bertz CT molecular complexity index is 410. The second-order valence-electron chi connectivity index (χ2n) is 3.22. The molecule has 0 radical (unpaired) electrons. The molecule has 0 atom stereocenters. The largest absolute Gasteiger partial charge is 0.462 e. The van der Waals surface area contributed by atoms with E-state index in [2.05, 4.69) is 4.74 Å². The van der Waals surface area contributed by atoms with Crippen LogP contribution in [0.1, 0.15) is 21.5 Å². The van der Waals surface area contributed by atoms with Crippen molar-refractivity contribution >= 4 is 5.97 Å². The number of alkyl halides is 3. The van der Waals surface area contributed by atoms with Crippen molar-refractivity contribution in [1.29, 1.82) is 0 Å². The molecule has 0 amide bonds. The molecular weight excluding hydrogens is 209 g/mol. The Kier molecular flexibility index (Phi) is 2.17. The summed E-state index contributed by atoms with van der Waals surface area (Å²) in [6.07, 6.45) is -4.29. The lowest BCUT2D eigenvalue weighted by Crippen LogP contribution is -2.22. The van der Waals surface area contributed by atoms with Crippen molar-refractivity contribution in [2.75, 3.05) is 6.61 Å². The predicted molar refractivity (Wildman–Crippen MR) is 45.4 cm³/mol. The van der Waals surface area contributed by atoms with Gasteiger partial charge in [0.05, 0.1) is 17.7 Å². The summed E-state index contributed by atoms with van der Waals surface area (Å²) in [7, 11) is 0. The van der Waals surface area contributed by atoms with Gasteiger partial charge in [0.1, 0.15) is 0 Å². The first-order chi connectivity index (χ1) is 7.00. The molecule has 0 aliphatic carbocycles. The van der Waals surface area contributed by atoms with Crippen molar-refractivity contribution in [2.45, 2.75) is 12.6 Å². The van der Waals surface area contributed by atoms with Crippen molar-refractivity contribution in [1.82, 2.24) is 0 Å². The van der Waals surface area contributed by atoms with E-state index in [-0.39, 0.29) is 24.2 Å². The summed E-state index contributed by atoms with van der Waals surface area (Å²) in [6.45, 7) is 0.0128. The van der Waals surface area contributed by atoms with Crippen molar-refractivity contribution < 1.29 is 22.7 Å². The van der Waals surface area contributed by atoms with Crippen LogP contribution in [-0.2, 0) is 17.3 Å². The van der Waals surface area contributed by atoms with Gasteiger partial charge in [-0.25, -0.2) is 4.79 Å². The maximum atomic E-state index is 12.6. The average molecular weight is 216 g/mol. The molecule has 2 rings (SSSR count). The number of hydrogen-bond acceptors (Lipinski definition) is 2. The Morgan fingerprint density at radius 1 is 1.27 bits per heavy atom. The summed E-state index contributed by atoms with van der Waals surface area (Å²) in [4.78, 5) is 11.2. The van der Waals surface area contributed by atoms with E-state index >= 15 is 0 Å². The molecule has 15 heavy (non-hydrogen) atoms. The molecule has 1 aliphatic rings.